The first-order chi connectivity index (χ1) is 12.3. The number of ether oxygens (including phenoxy) is 1. The molecule has 0 fully saturated rings. The van der Waals surface area contributed by atoms with Gasteiger partial charge in [-0.25, -0.2) is 0 Å². The van der Waals surface area contributed by atoms with Crippen molar-refractivity contribution in [2.45, 2.75) is 25.6 Å². The van der Waals surface area contributed by atoms with Crippen LogP contribution in [0.5, 0.6) is 0 Å². The van der Waals surface area contributed by atoms with E-state index in [1.807, 2.05) is 42.6 Å². The van der Waals surface area contributed by atoms with E-state index < -0.39 is 0 Å². The monoisotopic (exact) mass is 337 g/mol. The largest absolute Gasteiger partial charge is 0.376 e. The Labute approximate surface area is 145 Å². The molecule has 1 aliphatic heterocycles. The predicted octanol–water partition coefficient (Wildman–Crippen LogP) is 1.85. The van der Waals surface area contributed by atoms with E-state index in [-0.39, 0.29) is 11.9 Å². The number of benzene rings is 1. The highest BCUT2D eigenvalue weighted by molar-refractivity contribution is 5.94. The van der Waals surface area contributed by atoms with Gasteiger partial charge in [0.05, 0.1) is 25.8 Å². The zero-order valence-electron chi connectivity index (χ0n) is 13.7. The number of nitrogens with zero attached hydrogens (tertiary/aromatic N) is 3. The molecular formula is C18H19N5O2. The van der Waals surface area contributed by atoms with Crippen molar-refractivity contribution < 1.29 is 9.53 Å². The number of carbonyl (C=O) groups is 1. The van der Waals surface area contributed by atoms with Gasteiger partial charge in [0.25, 0.3) is 5.91 Å². The maximum absolute atomic E-state index is 12.8. The van der Waals surface area contributed by atoms with Crippen LogP contribution in [-0.4, -0.2) is 32.5 Å². The molecule has 1 amide bonds. The van der Waals surface area contributed by atoms with E-state index in [0.717, 1.165) is 23.2 Å². The van der Waals surface area contributed by atoms with Crippen molar-refractivity contribution in [2.75, 3.05) is 6.61 Å². The van der Waals surface area contributed by atoms with Gasteiger partial charge < -0.3 is 10.1 Å². The van der Waals surface area contributed by atoms with Crippen molar-refractivity contribution in [2.24, 2.45) is 0 Å². The fourth-order valence-corrected chi connectivity index (χ4v) is 3.04. The van der Waals surface area contributed by atoms with Gasteiger partial charge in [-0.2, -0.15) is 10.2 Å². The number of carbonyl (C=O) groups excluding carboxylic acids is 1. The first kappa shape index (κ1) is 15.6. The van der Waals surface area contributed by atoms with E-state index >= 15 is 0 Å². The summed E-state index contributed by atoms with van der Waals surface area (Å²) in [5, 5.41) is 14.5. The number of amides is 1. The van der Waals surface area contributed by atoms with Gasteiger partial charge in [-0.15, -0.1) is 0 Å². The third-order valence-electron chi connectivity index (χ3n) is 4.35. The number of fused-ring (bicyclic) bond motifs is 1. The molecule has 1 aromatic carbocycles. The van der Waals surface area contributed by atoms with Crippen LogP contribution < -0.4 is 5.32 Å². The van der Waals surface area contributed by atoms with Gasteiger partial charge in [-0.3, -0.25) is 14.6 Å². The molecule has 0 aliphatic carbocycles. The van der Waals surface area contributed by atoms with Crippen molar-refractivity contribution >= 4 is 5.91 Å². The van der Waals surface area contributed by atoms with Crippen molar-refractivity contribution in [3.8, 4) is 0 Å². The topological polar surface area (TPSA) is 84.8 Å². The predicted molar refractivity (Wildman–Crippen MR) is 90.8 cm³/mol. The van der Waals surface area contributed by atoms with E-state index in [0.29, 0.717) is 25.5 Å². The van der Waals surface area contributed by atoms with E-state index in [1.165, 1.54) is 0 Å². The summed E-state index contributed by atoms with van der Waals surface area (Å²) in [6.45, 7) is 1.62. The second-order valence-electron chi connectivity index (χ2n) is 6.00. The highest BCUT2D eigenvalue weighted by Gasteiger charge is 2.24. The summed E-state index contributed by atoms with van der Waals surface area (Å²) in [5.74, 6) is -0.205. The quantitative estimate of drug-likeness (QED) is 0.744. The van der Waals surface area contributed by atoms with Gasteiger partial charge in [0.2, 0.25) is 0 Å². The van der Waals surface area contributed by atoms with Gasteiger partial charge >= 0.3 is 0 Å². The molecule has 1 atom stereocenters. The Bertz CT molecular complexity index is 842. The van der Waals surface area contributed by atoms with Gasteiger partial charge in [0.15, 0.2) is 5.69 Å². The summed E-state index contributed by atoms with van der Waals surface area (Å²) < 4.78 is 7.27. The molecule has 0 saturated heterocycles. The summed E-state index contributed by atoms with van der Waals surface area (Å²) >= 11 is 0. The molecule has 3 heterocycles. The van der Waals surface area contributed by atoms with Crippen LogP contribution in [0.15, 0.2) is 48.8 Å². The summed E-state index contributed by atoms with van der Waals surface area (Å²) in [4.78, 5) is 12.8. The van der Waals surface area contributed by atoms with Crippen LogP contribution in [-0.2, 0) is 24.3 Å². The SMILES string of the molecule is O=C(NC(Cn1cccn1)c1ccccc1)c1n[nH]c2c1COCC2. The maximum Gasteiger partial charge on any atom is 0.272 e. The Hall–Kier alpha value is -2.93. The van der Waals surface area contributed by atoms with Crippen LogP contribution >= 0.6 is 0 Å². The number of nitrogens with one attached hydrogen (secondary N) is 2. The number of aromatic amines is 1. The minimum Gasteiger partial charge on any atom is -0.376 e. The third kappa shape index (κ3) is 3.32. The number of hydrogen-bond donors (Lipinski definition) is 2. The molecule has 1 aliphatic rings. The first-order valence-corrected chi connectivity index (χ1v) is 8.28. The number of H-pyrrole nitrogens is 1. The fourth-order valence-electron chi connectivity index (χ4n) is 3.04. The molecule has 2 aromatic heterocycles. The minimum absolute atomic E-state index is 0.203. The summed E-state index contributed by atoms with van der Waals surface area (Å²) in [6.07, 6.45) is 4.36. The average molecular weight is 337 g/mol. The molecule has 4 rings (SSSR count). The smallest absolute Gasteiger partial charge is 0.272 e. The van der Waals surface area contributed by atoms with Gasteiger partial charge in [-0.1, -0.05) is 30.3 Å². The molecule has 7 heteroatoms. The second-order valence-corrected chi connectivity index (χ2v) is 6.00. The van der Waals surface area contributed by atoms with Crippen LogP contribution in [0.3, 0.4) is 0 Å². The summed E-state index contributed by atoms with van der Waals surface area (Å²) in [6, 6.07) is 11.5. The molecule has 25 heavy (non-hydrogen) atoms. The third-order valence-corrected chi connectivity index (χ3v) is 4.35. The lowest BCUT2D eigenvalue weighted by Crippen LogP contribution is -2.32. The zero-order valence-corrected chi connectivity index (χ0v) is 13.7. The summed E-state index contributed by atoms with van der Waals surface area (Å²) in [5.41, 5.74) is 3.28. The lowest BCUT2D eigenvalue weighted by atomic mass is 10.1. The molecule has 0 radical (unpaired) electrons. The second kappa shape index (κ2) is 6.90. The molecule has 0 saturated carbocycles. The lowest BCUT2D eigenvalue weighted by molar-refractivity contribution is 0.0905. The molecular weight excluding hydrogens is 318 g/mol. The highest BCUT2D eigenvalue weighted by Crippen LogP contribution is 2.20. The maximum atomic E-state index is 12.8. The standard InChI is InChI=1S/C18H19N5O2/c24-18(17-14-12-25-10-7-15(14)21-22-17)20-16(11-23-9-4-8-19-23)13-5-2-1-3-6-13/h1-6,8-9,16H,7,10-12H2,(H,20,24)(H,21,22). The molecule has 128 valence electrons. The Morgan fingerprint density at radius 1 is 1.32 bits per heavy atom. The Balaban J connectivity index is 1.57. The van der Waals surface area contributed by atoms with Gasteiger partial charge in [-0.05, 0) is 11.6 Å². The fraction of sp³-hybridized carbons (Fsp3) is 0.278. The van der Waals surface area contributed by atoms with E-state index in [4.69, 9.17) is 4.74 Å². The number of hydrogen-bond acceptors (Lipinski definition) is 4. The summed E-state index contributed by atoms with van der Waals surface area (Å²) in [7, 11) is 0. The van der Waals surface area contributed by atoms with Crippen LogP contribution in [0.1, 0.15) is 33.4 Å². The average Bonchev–Trinajstić information content (AvgIpc) is 3.31. The van der Waals surface area contributed by atoms with Crippen molar-refractivity contribution in [3.05, 3.63) is 71.3 Å². The Morgan fingerprint density at radius 3 is 3.00 bits per heavy atom. The zero-order chi connectivity index (χ0) is 17.1. The Morgan fingerprint density at radius 2 is 2.20 bits per heavy atom. The van der Waals surface area contributed by atoms with Crippen LogP contribution in [0, 0.1) is 0 Å². The van der Waals surface area contributed by atoms with Crippen molar-refractivity contribution in [1.29, 1.82) is 0 Å². The molecule has 0 spiro atoms. The highest BCUT2D eigenvalue weighted by atomic mass is 16.5. The molecule has 3 aromatic rings. The number of aromatic nitrogens is 4. The van der Waals surface area contributed by atoms with Crippen LogP contribution in [0.2, 0.25) is 0 Å². The Kier molecular flexibility index (Phi) is 4.30. The van der Waals surface area contributed by atoms with Crippen LogP contribution in [0.25, 0.3) is 0 Å². The minimum atomic E-state index is -0.205. The lowest BCUT2D eigenvalue weighted by Gasteiger charge is -2.19. The van der Waals surface area contributed by atoms with Gasteiger partial charge in [0, 0.05) is 30.1 Å². The molecule has 7 nitrogen and oxygen atoms in total. The van der Waals surface area contributed by atoms with E-state index in [2.05, 4.69) is 20.6 Å². The number of rotatable bonds is 5. The first-order valence-electron chi connectivity index (χ1n) is 8.28. The molecule has 2 N–H and O–H groups in total. The molecule has 1 unspecified atom stereocenters. The van der Waals surface area contributed by atoms with E-state index in [1.54, 1.807) is 10.9 Å². The van der Waals surface area contributed by atoms with Crippen molar-refractivity contribution in [1.82, 2.24) is 25.3 Å². The normalized spacial score (nSPS) is 14.7. The molecule has 0 bridgehead atoms. The van der Waals surface area contributed by atoms with E-state index in [9.17, 15) is 4.79 Å². The van der Waals surface area contributed by atoms with Crippen LogP contribution in [0.4, 0.5) is 0 Å². The van der Waals surface area contributed by atoms with Crippen molar-refractivity contribution in [3.63, 3.8) is 0 Å². The van der Waals surface area contributed by atoms with Gasteiger partial charge in [0.1, 0.15) is 0 Å².